The van der Waals surface area contributed by atoms with Crippen LogP contribution < -0.4 is 19.7 Å². The molecule has 1 aromatic carbocycles. The molecule has 2 bridgehead atoms. The third-order valence-corrected chi connectivity index (χ3v) is 6.51. The second-order valence-electron chi connectivity index (χ2n) is 8.48. The molecular formula is C22H24ClF2N7O2. The van der Waals surface area contributed by atoms with E-state index in [0.717, 1.165) is 36.3 Å². The first-order valence-electron chi connectivity index (χ1n) is 11.0. The molecule has 1 aliphatic carbocycles. The summed E-state index contributed by atoms with van der Waals surface area (Å²) in [5.74, 6) is 1.85. The highest BCUT2D eigenvalue weighted by molar-refractivity contribution is 6.30. The van der Waals surface area contributed by atoms with Crippen LogP contribution >= 0.6 is 11.6 Å². The van der Waals surface area contributed by atoms with Crippen LogP contribution in [0, 0.1) is 11.8 Å². The number of hydrogen-bond acceptors (Lipinski definition) is 8. The first kappa shape index (κ1) is 22.6. The molecule has 34 heavy (non-hydrogen) atoms. The largest absolute Gasteiger partial charge is 0.480 e. The Morgan fingerprint density at radius 1 is 1.21 bits per heavy atom. The summed E-state index contributed by atoms with van der Waals surface area (Å²) in [7, 11) is 1.57. The second kappa shape index (κ2) is 9.57. The van der Waals surface area contributed by atoms with Crippen LogP contribution in [0.4, 0.5) is 20.4 Å². The molecule has 0 unspecified atom stereocenters. The van der Waals surface area contributed by atoms with E-state index >= 15 is 0 Å². The van der Waals surface area contributed by atoms with E-state index in [0.29, 0.717) is 28.5 Å². The van der Waals surface area contributed by atoms with E-state index in [9.17, 15) is 8.78 Å². The van der Waals surface area contributed by atoms with Gasteiger partial charge in [-0.05, 0) is 42.9 Å². The van der Waals surface area contributed by atoms with Gasteiger partial charge < -0.3 is 19.7 Å². The molecule has 0 spiro atoms. The van der Waals surface area contributed by atoms with E-state index in [1.165, 1.54) is 0 Å². The number of fused-ring (bicyclic) bond motifs is 2. The Bertz CT molecular complexity index is 1130. The van der Waals surface area contributed by atoms with Gasteiger partial charge in [0.05, 0.1) is 19.0 Å². The number of nitrogens with zero attached hydrogens (tertiary/aromatic N) is 6. The van der Waals surface area contributed by atoms with Gasteiger partial charge in [0, 0.05) is 30.2 Å². The SMILES string of the molecule is COc1cc(N2C[C@H]3CC[C@@H](C2)[C@@H]3Nc2nc(Oc3cccc(Cl)c3)n(CC(F)F)n2)cnn1. The monoisotopic (exact) mass is 491 g/mol. The van der Waals surface area contributed by atoms with Crippen molar-refractivity contribution >= 4 is 23.2 Å². The quantitative estimate of drug-likeness (QED) is 0.503. The van der Waals surface area contributed by atoms with Gasteiger partial charge in [-0.15, -0.1) is 10.2 Å². The van der Waals surface area contributed by atoms with Crippen molar-refractivity contribution in [2.45, 2.75) is 31.9 Å². The third-order valence-electron chi connectivity index (χ3n) is 6.28. The summed E-state index contributed by atoms with van der Waals surface area (Å²) in [6, 6.07) is 8.69. The molecule has 2 fully saturated rings. The van der Waals surface area contributed by atoms with Gasteiger partial charge in [-0.25, -0.2) is 13.5 Å². The molecule has 3 atom stereocenters. The van der Waals surface area contributed by atoms with Crippen molar-refractivity contribution in [3.8, 4) is 17.6 Å². The molecule has 1 saturated carbocycles. The van der Waals surface area contributed by atoms with Crippen LogP contribution in [0.15, 0.2) is 36.5 Å². The van der Waals surface area contributed by atoms with Gasteiger partial charge in [-0.3, -0.25) is 0 Å². The van der Waals surface area contributed by atoms with Crippen molar-refractivity contribution in [1.82, 2.24) is 25.0 Å². The maximum absolute atomic E-state index is 13.2. The summed E-state index contributed by atoms with van der Waals surface area (Å²) in [5, 5.41) is 16.1. The number of hydrogen-bond donors (Lipinski definition) is 1. The molecule has 2 aliphatic rings. The lowest BCUT2D eigenvalue weighted by atomic mass is 9.92. The fourth-order valence-electron chi connectivity index (χ4n) is 4.78. The zero-order valence-corrected chi connectivity index (χ0v) is 19.2. The Kier molecular flexibility index (Phi) is 6.36. The summed E-state index contributed by atoms with van der Waals surface area (Å²) < 4.78 is 38.3. The first-order valence-corrected chi connectivity index (χ1v) is 11.4. The molecule has 3 aromatic rings. The number of anilines is 2. The van der Waals surface area contributed by atoms with Gasteiger partial charge >= 0.3 is 6.01 Å². The Labute approximate surface area is 200 Å². The van der Waals surface area contributed by atoms with Crippen LogP contribution in [-0.2, 0) is 6.54 Å². The number of piperidine rings is 1. The van der Waals surface area contributed by atoms with Gasteiger partial charge in [-0.1, -0.05) is 17.7 Å². The normalized spacial score (nSPS) is 21.7. The van der Waals surface area contributed by atoms with Gasteiger partial charge in [0.2, 0.25) is 11.8 Å². The summed E-state index contributed by atoms with van der Waals surface area (Å²) in [6.45, 7) is 1.03. The molecule has 180 valence electrons. The highest BCUT2D eigenvalue weighted by Gasteiger charge is 2.43. The molecule has 5 rings (SSSR count). The molecule has 9 nitrogen and oxygen atoms in total. The molecule has 1 aliphatic heterocycles. The van der Waals surface area contributed by atoms with Crippen molar-refractivity contribution < 1.29 is 18.3 Å². The molecule has 0 amide bonds. The Morgan fingerprint density at radius 3 is 2.71 bits per heavy atom. The molecule has 3 heterocycles. The molecule has 0 radical (unpaired) electrons. The highest BCUT2D eigenvalue weighted by atomic mass is 35.5. The zero-order valence-electron chi connectivity index (χ0n) is 18.4. The number of halogens is 3. The van der Waals surface area contributed by atoms with Crippen LogP contribution in [0.1, 0.15) is 12.8 Å². The Morgan fingerprint density at radius 2 is 2.00 bits per heavy atom. The third kappa shape index (κ3) is 4.84. The summed E-state index contributed by atoms with van der Waals surface area (Å²) >= 11 is 6.01. The topological polar surface area (TPSA) is 90.2 Å². The molecule has 1 N–H and O–H groups in total. The number of nitrogens with one attached hydrogen (secondary N) is 1. The van der Waals surface area contributed by atoms with Crippen LogP contribution in [0.2, 0.25) is 5.02 Å². The standard InChI is InChI=1S/C22H24ClF2N7O2/c1-33-19-8-16(9-26-29-19)31-10-13-5-6-14(11-31)20(13)27-21-28-22(32(30-21)12-18(24)25)34-17-4-2-3-15(23)7-17/h2-4,7-9,13-14,18,20H,5-6,10-12H2,1H3,(H,27,30)/t13-,14+,20-. The minimum Gasteiger partial charge on any atom is -0.480 e. The fraction of sp³-hybridized carbons (Fsp3) is 0.455. The number of ether oxygens (including phenoxy) is 2. The molecule has 2 aromatic heterocycles. The number of alkyl halides is 2. The van der Waals surface area contributed by atoms with Gasteiger partial charge in [-0.2, -0.15) is 10.1 Å². The number of aromatic nitrogens is 5. The van der Waals surface area contributed by atoms with Crippen molar-refractivity contribution in [2.75, 3.05) is 30.4 Å². The van der Waals surface area contributed by atoms with E-state index in [4.69, 9.17) is 21.1 Å². The number of rotatable bonds is 8. The van der Waals surface area contributed by atoms with E-state index in [1.54, 1.807) is 37.6 Å². The molecule has 1 saturated heterocycles. The van der Waals surface area contributed by atoms with Crippen LogP contribution in [0.5, 0.6) is 17.6 Å². The second-order valence-corrected chi connectivity index (χ2v) is 8.92. The predicted octanol–water partition coefficient (Wildman–Crippen LogP) is 4.11. The Hall–Kier alpha value is -3.21. The van der Waals surface area contributed by atoms with Gasteiger partial charge in [0.1, 0.15) is 12.3 Å². The maximum atomic E-state index is 13.2. The zero-order chi connectivity index (χ0) is 23.7. The van der Waals surface area contributed by atoms with Crippen molar-refractivity contribution in [3.63, 3.8) is 0 Å². The lowest BCUT2D eigenvalue weighted by molar-refractivity contribution is 0.118. The number of methoxy groups -OCH3 is 1. The van der Waals surface area contributed by atoms with Gasteiger partial charge in [0.25, 0.3) is 6.43 Å². The van der Waals surface area contributed by atoms with E-state index in [1.807, 2.05) is 6.07 Å². The minimum absolute atomic E-state index is 0.00944. The summed E-state index contributed by atoms with van der Waals surface area (Å²) in [6.07, 6.45) is 1.25. The summed E-state index contributed by atoms with van der Waals surface area (Å²) in [5.41, 5.74) is 0.971. The molecule has 12 heteroatoms. The lowest BCUT2D eigenvalue weighted by Gasteiger charge is -2.39. The molecular weight excluding hydrogens is 468 g/mol. The minimum atomic E-state index is -2.60. The highest BCUT2D eigenvalue weighted by Crippen LogP contribution is 2.40. The fourth-order valence-corrected chi connectivity index (χ4v) is 4.96. The van der Waals surface area contributed by atoms with Crippen molar-refractivity contribution in [3.05, 3.63) is 41.6 Å². The average molecular weight is 492 g/mol. The van der Waals surface area contributed by atoms with Crippen LogP contribution in [0.25, 0.3) is 0 Å². The van der Waals surface area contributed by atoms with E-state index in [2.05, 4.69) is 30.5 Å². The smallest absolute Gasteiger partial charge is 0.322 e. The van der Waals surface area contributed by atoms with E-state index < -0.39 is 13.0 Å². The van der Waals surface area contributed by atoms with Crippen LogP contribution in [-0.4, -0.2) is 57.6 Å². The summed E-state index contributed by atoms with van der Waals surface area (Å²) in [4.78, 5) is 6.66. The maximum Gasteiger partial charge on any atom is 0.322 e. The van der Waals surface area contributed by atoms with Crippen LogP contribution in [0.3, 0.4) is 0 Å². The van der Waals surface area contributed by atoms with Crippen molar-refractivity contribution in [2.24, 2.45) is 11.8 Å². The van der Waals surface area contributed by atoms with Crippen molar-refractivity contribution in [1.29, 1.82) is 0 Å². The number of benzene rings is 1. The predicted molar refractivity (Wildman–Crippen MR) is 122 cm³/mol. The lowest BCUT2D eigenvalue weighted by Crippen LogP contribution is -2.48. The van der Waals surface area contributed by atoms with Gasteiger partial charge in [0.15, 0.2) is 0 Å². The van der Waals surface area contributed by atoms with E-state index in [-0.39, 0.29) is 18.0 Å². The first-order chi connectivity index (χ1) is 16.5. The Balaban J connectivity index is 1.32. The average Bonchev–Trinajstić information content (AvgIpc) is 3.27.